The van der Waals surface area contributed by atoms with Crippen LogP contribution in [0.2, 0.25) is 0 Å². The highest BCUT2D eigenvalue weighted by molar-refractivity contribution is 5.35. The quantitative estimate of drug-likeness (QED) is 0.543. The third-order valence-corrected chi connectivity index (χ3v) is 1.83. The van der Waals surface area contributed by atoms with Crippen molar-refractivity contribution in [2.45, 2.75) is 20.3 Å². The zero-order valence-electron chi connectivity index (χ0n) is 9.74. The molecule has 0 bridgehead atoms. The van der Waals surface area contributed by atoms with E-state index in [1.807, 2.05) is 31.2 Å². The van der Waals surface area contributed by atoms with Gasteiger partial charge in [0.15, 0.2) is 0 Å². The standard InChI is InChI=1S/C15H20/c1-5-8-12-15(10-6-2)13-9-11-14(4)7-3/h6-13H,2-3,5H2,1,4H3/b12-8-,13-9+,14-11-,15-10+. The minimum absolute atomic E-state index is 1.05. The third kappa shape index (κ3) is 7.51. The molecule has 0 aromatic rings. The fourth-order valence-corrected chi connectivity index (χ4v) is 0.936. The SMILES string of the molecule is C=C/C=C(\C=C/CC)/C=C/C=C(/C)C=C. The van der Waals surface area contributed by atoms with Gasteiger partial charge < -0.3 is 0 Å². The zero-order valence-corrected chi connectivity index (χ0v) is 9.74. The molecule has 15 heavy (non-hydrogen) atoms. The second-order valence-corrected chi connectivity index (χ2v) is 3.19. The van der Waals surface area contributed by atoms with E-state index in [9.17, 15) is 0 Å². The minimum Gasteiger partial charge on any atom is -0.0990 e. The van der Waals surface area contributed by atoms with Gasteiger partial charge in [-0.05, 0) is 18.9 Å². The van der Waals surface area contributed by atoms with E-state index in [4.69, 9.17) is 0 Å². The van der Waals surface area contributed by atoms with Crippen LogP contribution >= 0.6 is 0 Å². The Morgan fingerprint density at radius 2 is 1.87 bits per heavy atom. The van der Waals surface area contributed by atoms with Crippen molar-refractivity contribution in [3.63, 3.8) is 0 Å². The molecule has 80 valence electrons. The van der Waals surface area contributed by atoms with Gasteiger partial charge in [0.2, 0.25) is 0 Å². The predicted octanol–water partition coefficient (Wildman–Crippen LogP) is 4.75. The third-order valence-electron chi connectivity index (χ3n) is 1.83. The van der Waals surface area contributed by atoms with Crippen LogP contribution in [0.15, 0.2) is 72.9 Å². The van der Waals surface area contributed by atoms with Crippen LogP contribution in [-0.4, -0.2) is 0 Å². The normalized spacial score (nSPS) is 13.7. The number of rotatable bonds is 6. The Morgan fingerprint density at radius 3 is 2.40 bits per heavy atom. The summed E-state index contributed by atoms with van der Waals surface area (Å²) in [5.74, 6) is 0. The van der Waals surface area contributed by atoms with Gasteiger partial charge in [-0.15, -0.1) is 0 Å². The van der Waals surface area contributed by atoms with Crippen molar-refractivity contribution in [1.29, 1.82) is 0 Å². The molecule has 0 heterocycles. The fourth-order valence-electron chi connectivity index (χ4n) is 0.936. The van der Waals surface area contributed by atoms with Crippen LogP contribution in [0, 0.1) is 0 Å². The maximum Gasteiger partial charge on any atom is -0.0260 e. The summed E-state index contributed by atoms with van der Waals surface area (Å²) in [6.45, 7) is 11.5. The van der Waals surface area contributed by atoms with E-state index in [1.165, 1.54) is 0 Å². The van der Waals surface area contributed by atoms with E-state index in [-0.39, 0.29) is 0 Å². The average molecular weight is 200 g/mol. The highest BCUT2D eigenvalue weighted by atomic mass is 13.9. The van der Waals surface area contributed by atoms with Gasteiger partial charge in [0.1, 0.15) is 0 Å². The van der Waals surface area contributed by atoms with Gasteiger partial charge in [0, 0.05) is 0 Å². The van der Waals surface area contributed by atoms with Crippen LogP contribution in [0.25, 0.3) is 0 Å². The molecule has 0 heteroatoms. The minimum atomic E-state index is 1.05. The zero-order chi connectivity index (χ0) is 11.5. The van der Waals surface area contributed by atoms with E-state index in [1.54, 1.807) is 6.08 Å². The first-order chi connectivity index (χ1) is 7.24. The smallest absolute Gasteiger partial charge is 0.0260 e. The molecule has 0 aliphatic heterocycles. The second kappa shape index (κ2) is 9.01. The monoisotopic (exact) mass is 200 g/mol. The van der Waals surface area contributed by atoms with Crippen LogP contribution in [0.3, 0.4) is 0 Å². The lowest BCUT2D eigenvalue weighted by Gasteiger charge is -1.91. The first-order valence-electron chi connectivity index (χ1n) is 5.21. The highest BCUT2D eigenvalue weighted by Gasteiger charge is 1.82. The molecule has 0 aliphatic carbocycles. The lowest BCUT2D eigenvalue weighted by Crippen LogP contribution is -1.70. The van der Waals surface area contributed by atoms with Crippen molar-refractivity contribution >= 4 is 0 Å². The molecule has 0 fully saturated rings. The van der Waals surface area contributed by atoms with Crippen molar-refractivity contribution in [3.8, 4) is 0 Å². The predicted molar refractivity (Wildman–Crippen MR) is 70.8 cm³/mol. The summed E-state index contributed by atoms with van der Waals surface area (Å²) in [6, 6.07) is 0. The molecule has 0 atom stereocenters. The lowest BCUT2D eigenvalue weighted by atomic mass is 10.2. The Morgan fingerprint density at radius 1 is 1.13 bits per heavy atom. The maximum atomic E-state index is 3.70. The highest BCUT2D eigenvalue weighted by Crippen LogP contribution is 2.02. The van der Waals surface area contributed by atoms with Crippen LogP contribution < -0.4 is 0 Å². The first kappa shape index (κ1) is 13.4. The molecular formula is C15H20. The van der Waals surface area contributed by atoms with Crippen LogP contribution in [-0.2, 0) is 0 Å². The second-order valence-electron chi connectivity index (χ2n) is 3.19. The number of allylic oxidation sites excluding steroid dienone is 10. The Bertz CT molecular complexity index is 309. The summed E-state index contributed by atoms with van der Waals surface area (Å²) in [7, 11) is 0. The Kier molecular flexibility index (Phi) is 8.08. The summed E-state index contributed by atoms with van der Waals surface area (Å²) >= 11 is 0. The Labute approximate surface area is 93.7 Å². The Hall–Kier alpha value is -1.56. The van der Waals surface area contributed by atoms with E-state index in [0.29, 0.717) is 0 Å². The molecule has 0 saturated heterocycles. The van der Waals surface area contributed by atoms with Crippen LogP contribution in [0.4, 0.5) is 0 Å². The van der Waals surface area contributed by atoms with Crippen molar-refractivity contribution < 1.29 is 0 Å². The molecule has 0 nitrogen and oxygen atoms in total. The summed E-state index contributed by atoms with van der Waals surface area (Å²) in [6.07, 6.45) is 17.0. The molecule has 0 aromatic heterocycles. The largest absolute Gasteiger partial charge is 0.0990 e. The summed E-state index contributed by atoms with van der Waals surface area (Å²) in [4.78, 5) is 0. The molecule has 0 N–H and O–H groups in total. The van der Waals surface area contributed by atoms with Crippen molar-refractivity contribution in [1.82, 2.24) is 0 Å². The van der Waals surface area contributed by atoms with E-state index >= 15 is 0 Å². The molecule has 0 spiro atoms. The fraction of sp³-hybridized carbons (Fsp3) is 0.200. The van der Waals surface area contributed by atoms with Crippen LogP contribution in [0.1, 0.15) is 20.3 Å². The summed E-state index contributed by atoms with van der Waals surface area (Å²) in [5.41, 5.74) is 2.31. The van der Waals surface area contributed by atoms with Gasteiger partial charge in [-0.3, -0.25) is 0 Å². The number of hydrogen-bond donors (Lipinski definition) is 0. The van der Waals surface area contributed by atoms with Gasteiger partial charge in [-0.1, -0.05) is 74.3 Å². The molecule has 0 aromatic carbocycles. The van der Waals surface area contributed by atoms with E-state index in [2.05, 4.69) is 38.3 Å². The molecule has 0 amide bonds. The van der Waals surface area contributed by atoms with Gasteiger partial charge in [-0.2, -0.15) is 0 Å². The average Bonchev–Trinajstić information content (AvgIpc) is 2.25. The molecular weight excluding hydrogens is 180 g/mol. The molecule has 0 radical (unpaired) electrons. The van der Waals surface area contributed by atoms with Gasteiger partial charge in [0.25, 0.3) is 0 Å². The summed E-state index contributed by atoms with van der Waals surface area (Å²) < 4.78 is 0. The Balaban J connectivity index is 4.55. The molecule has 0 rings (SSSR count). The van der Waals surface area contributed by atoms with Crippen molar-refractivity contribution in [2.75, 3.05) is 0 Å². The lowest BCUT2D eigenvalue weighted by molar-refractivity contribution is 1.22. The molecule has 0 saturated carbocycles. The van der Waals surface area contributed by atoms with Crippen molar-refractivity contribution in [3.05, 3.63) is 72.9 Å². The van der Waals surface area contributed by atoms with Gasteiger partial charge in [0.05, 0.1) is 0 Å². The topological polar surface area (TPSA) is 0 Å². The van der Waals surface area contributed by atoms with E-state index < -0.39 is 0 Å². The summed E-state index contributed by atoms with van der Waals surface area (Å²) in [5, 5.41) is 0. The molecule has 0 unspecified atom stereocenters. The molecule has 0 aliphatic rings. The number of hydrogen-bond acceptors (Lipinski definition) is 0. The van der Waals surface area contributed by atoms with Gasteiger partial charge >= 0.3 is 0 Å². The maximum absolute atomic E-state index is 3.70. The van der Waals surface area contributed by atoms with Crippen LogP contribution in [0.5, 0.6) is 0 Å². The first-order valence-corrected chi connectivity index (χ1v) is 5.21. The van der Waals surface area contributed by atoms with E-state index in [0.717, 1.165) is 17.6 Å². The van der Waals surface area contributed by atoms with Gasteiger partial charge in [-0.25, -0.2) is 0 Å². The van der Waals surface area contributed by atoms with Crippen molar-refractivity contribution in [2.24, 2.45) is 0 Å².